The van der Waals surface area contributed by atoms with Gasteiger partial charge in [0.1, 0.15) is 22.2 Å². The highest BCUT2D eigenvalue weighted by Crippen LogP contribution is 2.23. The van der Waals surface area contributed by atoms with Gasteiger partial charge in [0.05, 0.1) is 0 Å². The Hall–Kier alpha value is -1.86. The lowest BCUT2D eigenvalue weighted by Gasteiger charge is -2.13. The number of nitrogens with zero attached hydrogens (tertiary/aromatic N) is 1. The van der Waals surface area contributed by atoms with Gasteiger partial charge in [-0.1, -0.05) is 0 Å². The van der Waals surface area contributed by atoms with Crippen LogP contribution in [0.15, 0.2) is 33.7 Å². The Morgan fingerprint density at radius 3 is 2.55 bits per heavy atom. The lowest BCUT2D eigenvalue weighted by molar-refractivity contribution is 0.496. The molecule has 0 radical (unpaired) electrons. The van der Waals surface area contributed by atoms with Crippen LogP contribution in [0.3, 0.4) is 0 Å². The second-order valence-electron chi connectivity index (χ2n) is 4.63. The highest BCUT2D eigenvalue weighted by molar-refractivity contribution is 7.89. The minimum Gasteiger partial charge on any atom is -0.466 e. The molecule has 6 nitrogen and oxygen atoms in total. The summed E-state index contributed by atoms with van der Waals surface area (Å²) < 4.78 is 32.4. The fraction of sp³-hybridized carbons (Fsp3) is 0.308. The molecule has 3 N–H and O–H groups in total. The van der Waals surface area contributed by atoms with Crippen LogP contribution in [0.1, 0.15) is 30.0 Å². The van der Waals surface area contributed by atoms with Crippen LogP contribution in [0.5, 0.6) is 0 Å². The molecule has 0 amide bonds. The maximum Gasteiger partial charge on any atom is 0.242 e. The smallest absolute Gasteiger partial charge is 0.242 e. The van der Waals surface area contributed by atoms with Crippen molar-refractivity contribution in [1.29, 1.82) is 0 Å². The summed E-state index contributed by atoms with van der Waals surface area (Å²) >= 11 is 0. The van der Waals surface area contributed by atoms with E-state index in [4.69, 9.17) is 10.2 Å². The number of nitrogens with two attached hydrogens (primary N) is 1. The van der Waals surface area contributed by atoms with Gasteiger partial charge in [-0.25, -0.2) is 18.1 Å². The molecule has 1 atom stereocenters. The van der Waals surface area contributed by atoms with E-state index in [9.17, 15) is 8.42 Å². The molecule has 1 unspecified atom stereocenters. The van der Waals surface area contributed by atoms with E-state index in [2.05, 4.69) is 9.71 Å². The number of nitrogens with one attached hydrogen (secondary N) is 1. The molecule has 2 aromatic rings. The first-order valence-corrected chi connectivity index (χ1v) is 7.58. The van der Waals surface area contributed by atoms with Crippen LogP contribution in [0.25, 0.3) is 0 Å². The molecule has 0 aliphatic rings. The Bertz CT molecular complexity index is 705. The first-order chi connectivity index (χ1) is 9.29. The summed E-state index contributed by atoms with van der Waals surface area (Å²) in [6.45, 7) is 5.39. The van der Waals surface area contributed by atoms with Crippen LogP contribution in [0.4, 0.5) is 5.82 Å². The molecule has 0 aliphatic carbocycles. The fourth-order valence-electron chi connectivity index (χ4n) is 2.00. The van der Waals surface area contributed by atoms with E-state index in [0.29, 0.717) is 5.76 Å². The molecule has 0 saturated heterocycles. The van der Waals surface area contributed by atoms with Gasteiger partial charge < -0.3 is 10.2 Å². The van der Waals surface area contributed by atoms with Crippen LogP contribution < -0.4 is 10.5 Å². The van der Waals surface area contributed by atoms with Gasteiger partial charge in [-0.2, -0.15) is 0 Å². The Morgan fingerprint density at radius 1 is 1.35 bits per heavy atom. The molecule has 2 aromatic heterocycles. The maximum absolute atomic E-state index is 12.2. The second kappa shape index (κ2) is 5.26. The monoisotopic (exact) mass is 295 g/mol. The third-order valence-corrected chi connectivity index (χ3v) is 4.47. The molecule has 0 spiro atoms. The zero-order chi connectivity index (χ0) is 14.9. The maximum atomic E-state index is 12.2. The summed E-state index contributed by atoms with van der Waals surface area (Å²) in [6.07, 6.45) is 1.23. The molecule has 108 valence electrons. The van der Waals surface area contributed by atoms with Crippen molar-refractivity contribution in [3.63, 3.8) is 0 Å². The molecule has 0 bridgehead atoms. The van der Waals surface area contributed by atoms with Gasteiger partial charge in [-0.15, -0.1) is 0 Å². The Labute approximate surface area is 118 Å². The molecular weight excluding hydrogens is 278 g/mol. The van der Waals surface area contributed by atoms with E-state index >= 15 is 0 Å². The van der Waals surface area contributed by atoms with Crippen molar-refractivity contribution in [2.45, 2.75) is 31.7 Å². The molecule has 0 aromatic carbocycles. The van der Waals surface area contributed by atoms with Crippen molar-refractivity contribution in [3.8, 4) is 0 Å². The normalized spacial score (nSPS) is 13.3. The fourth-order valence-corrected chi connectivity index (χ4v) is 3.16. The van der Waals surface area contributed by atoms with Gasteiger partial charge in [0, 0.05) is 17.8 Å². The predicted octanol–water partition coefficient (Wildman–Crippen LogP) is 1.91. The topological polar surface area (TPSA) is 98.2 Å². The summed E-state index contributed by atoms with van der Waals surface area (Å²) in [4.78, 5) is 3.87. The second-order valence-corrected chi connectivity index (χ2v) is 6.34. The van der Waals surface area contributed by atoms with Gasteiger partial charge in [-0.3, -0.25) is 0 Å². The number of anilines is 1. The minimum atomic E-state index is -3.64. The van der Waals surface area contributed by atoms with E-state index in [1.54, 1.807) is 13.8 Å². The molecule has 7 heteroatoms. The molecule has 20 heavy (non-hydrogen) atoms. The average Bonchev–Trinajstić information content (AvgIpc) is 2.68. The van der Waals surface area contributed by atoms with E-state index in [1.165, 1.54) is 18.3 Å². The van der Waals surface area contributed by atoms with Crippen molar-refractivity contribution in [2.75, 3.05) is 5.73 Å². The van der Waals surface area contributed by atoms with Crippen LogP contribution in [0, 0.1) is 13.8 Å². The van der Waals surface area contributed by atoms with Gasteiger partial charge in [0.2, 0.25) is 10.0 Å². The summed E-state index contributed by atoms with van der Waals surface area (Å²) in [5, 5.41) is 0. The Balaban J connectivity index is 2.24. The summed E-state index contributed by atoms with van der Waals surface area (Å²) in [7, 11) is -3.64. The van der Waals surface area contributed by atoms with E-state index in [0.717, 1.165) is 11.3 Å². The summed E-state index contributed by atoms with van der Waals surface area (Å²) in [5.41, 5.74) is 6.26. The number of aromatic nitrogens is 1. The number of sulfonamides is 1. The Morgan fingerprint density at radius 2 is 2.05 bits per heavy atom. The molecular formula is C13H17N3O3S. The number of aryl methyl sites for hydroxylation is 2. The zero-order valence-electron chi connectivity index (χ0n) is 11.5. The van der Waals surface area contributed by atoms with Gasteiger partial charge >= 0.3 is 0 Å². The number of hydrogen-bond donors (Lipinski definition) is 2. The van der Waals surface area contributed by atoms with Gasteiger partial charge in [0.25, 0.3) is 0 Å². The predicted molar refractivity (Wildman–Crippen MR) is 75.6 cm³/mol. The van der Waals surface area contributed by atoms with Crippen LogP contribution in [0.2, 0.25) is 0 Å². The number of rotatable bonds is 4. The van der Waals surface area contributed by atoms with Crippen LogP contribution in [-0.2, 0) is 10.0 Å². The SMILES string of the molecule is Cc1cc(C(C)NS(=O)(=O)c2ccc(N)nc2)c(C)o1. The first-order valence-electron chi connectivity index (χ1n) is 6.10. The third kappa shape index (κ3) is 3.00. The van der Waals surface area contributed by atoms with Gasteiger partial charge in [0.15, 0.2) is 0 Å². The average molecular weight is 295 g/mol. The Kier molecular flexibility index (Phi) is 3.82. The zero-order valence-corrected chi connectivity index (χ0v) is 12.4. The standard InChI is InChI=1S/C13H17N3O3S/c1-8-6-12(10(3)19-8)9(2)16-20(17,18)11-4-5-13(14)15-7-11/h4-7,9,16H,1-3H3,(H2,14,15). The van der Waals surface area contributed by atoms with E-state index < -0.39 is 16.1 Å². The van der Waals surface area contributed by atoms with Crippen molar-refractivity contribution in [1.82, 2.24) is 9.71 Å². The molecule has 2 rings (SSSR count). The molecule has 0 saturated carbocycles. The molecule has 0 fully saturated rings. The molecule has 0 aliphatic heterocycles. The van der Waals surface area contributed by atoms with Crippen molar-refractivity contribution < 1.29 is 12.8 Å². The highest BCUT2D eigenvalue weighted by Gasteiger charge is 2.21. The summed E-state index contributed by atoms with van der Waals surface area (Å²) in [5.74, 6) is 1.73. The number of nitrogen functional groups attached to an aromatic ring is 1. The van der Waals surface area contributed by atoms with Crippen molar-refractivity contribution in [3.05, 3.63) is 41.5 Å². The van der Waals surface area contributed by atoms with Gasteiger partial charge in [-0.05, 0) is 39.0 Å². The molecule has 2 heterocycles. The number of hydrogen-bond acceptors (Lipinski definition) is 5. The minimum absolute atomic E-state index is 0.0800. The lowest BCUT2D eigenvalue weighted by Crippen LogP contribution is -2.27. The number of pyridine rings is 1. The van der Waals surface area contributed by atoms with Crippen LogP contribution in [-0.4, -0.2) is 13.4 Å². The quantitative estimate of drug-likeness (QED) is 0.897. The van der Waals surface area contributed by atoms with E-state index in [-0.39, 0.29) is 10.7 Å². The van der Waals surface area contributed by atoms with Crippen molar-refractivity contribution >= 4 is 15.8 Å². The third-order valence-electron chi connectivity index (χ3n) is 2.95. The van der Waals surface area contributed by atoms with Crippen LogP contribution >= 0.6 is 0 Å². The lowest BCUT2D eigenvalue weighted by atomic mass is 10.1. The largest absolute Gasteiger partial charge is 0.466 e. The highest BCUT2D eigenvalue weighted by atomic mass is 32.2. The number of furan rings is 1. The van der Waals surface area contributed by atoms with Crippen molar-refractivity contribution in [2.24, 2.45) is 0 Å². The summed E-state index contributed by atoms with van der Waals surface area (Å²) in [6, 6.07) is 4.30. The first kappa shape index (κ1) is 14.5. The van der Waals surface area contributed by atoms with E-state index in [1.807, 2.05) is 13.0 Å².